The molecule has 2 fully saturated rings. The molecular weight excluding hydrogens is 599 g/mol. The summed E-state index contributed by atoms with van der Waals surface area (Å²) >= 11 is 12.6. The van der Waals surface area contributed by atoms with Gasteiger partial charge in [0.15, 0.2) is 0 Å². The first-order chi connectivity index (χ1) is 20.1. The topological polar surface area (TPSA) is 104 Å². The molecule has 1 saturated heterocycles. The van der Waals surface area contributed by atoms with Gasteiger partial charge in [-0.1, -0.05) is 72.6 Å². The van der Waals surface area contributed by atoms with E-state index in [4.69, 9.17) is 27.9 Å². The smallest absolute Gasteiger partial charge is 0.306 e. The van der Waals surface area contributed by atoms with Crippen LogP contribution in [0, 0.1) is 0 Å². The lowest BCUT2D eigenvalue weighted by atomic mass is 9.89. The second-order valence-corrected chi connectivity index (χ2v) is 13.6. The molecule has 1 heterocycles. The Morgan fingerprint density at radius 1 is 1.00 bits per heavy atom. The third-order valence-electron chi connectivity index (χ3n) is 7.71. The molecule has 1 aliphatic carbocycles. The van der Waals surface area contributed by atoms with Gasteiger partial charge in [0, 0.05) is 10.0 Å². The van der Waals surface area contributed by atoms with E-state index in [0.717, 1.165) is 0 Å². The Kier molecular flexibility index (Phi) is 9.13. The largest absolute Gasteiger partial charge is 0.481 e. The summed E-state index contributed by atoms with van der Waals surface area (Å²) < 4.78 is 35.1. The number of carbonyl (C=O) groups is 2. The van der Waals surface area contributed by atoms with Gasteiger partial charge in [0.25, 0.3) is 5.91 Å². The van der Waals surface area contributed by atoms with Crippen LogP contribution in [-0.4, -0.2) is 54.2 Å². The van der Waals surface area contributed by atoms with Gasteiger partial charge in [0.05, 0.1) is 36.0 Å². The number of aliphatic carboxylic acids is 1. The summed E-state index contributed by atoms with van der Waals surface area (Å²) in [6, 6.07) is 21.6. The molecule has 5 rings (SSSR count). The molecule has 3 aromatic rings. The molecule has 0 unspecified atom stereocenters. The highest BCUT2D eigenvalue weighted by atomic mass is 35.5. The standard InChI is InChI=1S/C31H32Cl2N2O6S/c1-2-24(19-34(25-9-4-3-5-10-25)42(39,40)26-15-16-26)35-29(20-11-13-22(32)14-12-20)30(21-7-6-8-23(33)17-21)41-27(31(35)38)18-28(36)37/h3-14,17,24,26-27,29-30H,2,15-16,18-19H2,1H3,(H,36,37)/t24-,27-,29+,30-/m0/s1. The zero-order valence-electron chi connectivity index (χ0n) is 23.0. The zero-order valence-corrected chi connectivity index (χ0v) is 25.3. The number of benzene rings is 3. The molecule has 4 atom stereocenters. The molecule has 8 nitrogen and oxygen atoms in total. The molecule has 222 valence electrons. The van der Waals surface area contributed by atoms with Crippen LogP contribution in [0.5, 0.6) is 0 Å². The number of carboxylic acids is 1. The van der Waals surface area contributed by atoms with E-state index in [0.29, 0.717) is 46.1 Å². The third kappa shape index (κ3) is 6.44. The predicted octanol–water partition coefficient (Wildman–Crippen LogP) is 6.26. The maximum absolute atomic E-state index is 14.2. The van der Waals surface area contributed by atoms with Gasteiger partial charge >= 0.3 is 5.97 Å². The van der Waals surface area contributed by atoms with E-state index in [1.165, 1.54) is 4.31 Å². The SMILES string of the molecule is CC[C@@H](CN(c1ccccc1)S(=O)(=O)C1CC1)N1C(=O)[C@H](CC(=O)O)O[C@@H](c2cccc(Cl)c2)[C@H]1c1ccc(Cl)cc1. The summed E-state index contributed by atoms with van der Waals surface area (Å²) in [6.07, 6.45) is -1.03. The molecule has 1 aliphatic heterocycles. The number of nitrogens with zero attached hydrogens (tertiary/aromatic N) is 2. The number of anilines is 1. The number of sulfonamides is 1. The monoisotopic (exact) mass is 630 g/mol. The van der Waals surface area contributed by atoms with Crippen molar-refractivity contribution in [2.45, 2.75) is 62.1 Å². The molecule has 0 bridgehead atoms. The highest BCUT2D eigenvalue weighted by Gasteiger charge is 2.49. The molecule has 1 N–H and O–H groups in total. The number of hydrogen-bond donors (Lipinski definition) is 1. The van der Waals surface area contributed by atoms with Gasteiger partial charge in [0.1, 0.15) is 12.2 Å². The minimum absolute atomic E-state index is 0.00274. The fourth-order valence-corrected chi connectivity index (χ4v) is 7.71. The number of rotatable bonds is 11. The fraction of sp³-hybridized carbons (Fsp3) is 0.355. The number of hydrogen-bond acceptors (Lipinski definition) is 5. The highest BCUT2D eigenvalue weighted by Crippen LogP contribution is 2.45. The van der Waals surface area contributed by atoms with Crippen LogP contribution < -0.4 is 4.31 Å². The van der Waals surface area contributed by atoms with E-state index in [2.05, 4.69) is 0 Å². The molecule has 3 aromatic carbocycles. The van der Waals surface area contributed by atoms with Gasteiger partial charge in [0.2, 0.25) is 10.0 Å². The summed E-state index contributed by atoms with van der Waals surface area (Å²) in [5.41, 5.74) is 1.89. The summed E-state index contributed by atoms with van der Waals surface area (Å²) in [4.78, 5) is 27.7. The first-order valence-electron chi connectivity index (χ1n) is 13.9. The number of para-hydroxylation sites is 1. The van der Waals surface area contributed by atoms with Crippen molar-refractivity contribution in [3.63, 3.8) is 0 Å². The van der Waals surface area contributed by atoms with Crippen LogP contribution in [0.1, 0.15) is 55.9 Å². The third-order valence-corrected chi connectivity index (χ3v) is 10.5. The first kappa shape index (κ1) is 30.4. The first-order valence-corrected chi connectivity index (χ1v) is 16.1. The second kappa shape index (κ2) is 12.6. The lowest BCUT2D eigenvalue weighted by Gasteiger charge is -2.48. The van der Waals surface area contributed by atoms with Crippen molar-refractivity contribution < 1.29 is 27.9 Å². The molecule has 0 aromatic heterocycles. The Labute approximate surface area is 255 Å². The summed E-state index contributed by atoms with van der Waals surface area (Å²) in [7, 11) is -3.70. The van der Waals surface area contributed by atoms with Gasteiger partial charge < -0.3 is 14.7 Å². The molecule has 1 saturated carbocycles. The molecule has 0 radical (unpaired) electrons. The van der Waals surface area contributed by atoms with Crippen molar-refractivity contribution in [2.24, 2.45) is 0 Å². The van der Waals surface area contributed by atoms with Crippen molar-refractivity contribution >= 4 is 50.8 Å². The van der Waals surface area contributed by atoms with Gasteiger partial charge in [-0.25, -0.2) is 8.42 Å². The number of ether oxygens (including phenoxy) is 1. The lowest BCUT2D eigenvalue weighted by molar-refractivity contribution is -0.183. The van der Waals surface area contributed by atoms with Crippen LogP contribution >= 0.6 is 23.2 Å². The Hall–Kier alpha value is -3.11. The molecular formula is C31H32Cl2N2O6S. The van der Waals surface area contributed by atoms with E-state index >= 15 is 0 Å². The van der Waals surface area contributed by atoms with Gasteiger partial charge in [-0.3, -0.25) is 13.9 Å². The van der Waals surface area contributed by atoms with Crippen LogP contribution in [0.15, 0.2) is 78.9 Å². The van der Waals surface area contributed by atoms with E-state index in [9.17, 15) is 23.1 Å². The summed E-state index contributed by atoms with van der Waals surface area (Å²) in [5.74, 6) is -1.70. The van der Waals surface area contributed by atoms with Crippen LogP contribution in [-0.2, 0) is 24.3 Å². The number of amides is 1. The van der Waals surface area contributed by atoms with E-state index in [-0.39, 0.29) is 6.54 Å². The zero-order chi connectivity index (χ0) is 30.0. The lowest BCUT2D eigenvalue weighted by Crippen LogP contribution is -2.58. The van der Waals surface area contributed by atoms with Crippen molar-refractivity contribution in [2.75, 3.05) is 10.8 Å². The van der Waals surface area contributed by atoms with Crippen molar-refractivity contribution in [1.29, 1.82) is 0 Å². The predicted molar refractivity (Wildman–Crippen MR) is 162 cm³/mol. The van der Waals surface area contributed by atoms with Crippen LogP contribution in [0.2, 0.25) is 10.0 Å². The van der Waals surface area contributed by atoms with Gasteiger partial charge in [-0.05, 0) is 66.8 Å². The quantitative estimate of drug-likeness (QED) is 0.268. The molecule has 42 heavy (non-hydrogen) atoms. The van der Waals surface area contributed by atoms with Crippen molar-refractivity contribution in [3.05, 3.63) is 100 Å². The van der Waals surface area contributed by atoms with Crippen LogP contribution in [0.3, 0.4) is 0 Å². The van der Waals surface area contributed by atoms with Gasteiger partial charge in [-0.15, -0.1) is 0 Å². The maximum atomic E-state index is 14.2. The Morgan fingerprint density at radius 2 is 1.69 bits per heavy atom. The molecule has 1 amide bonds. The minimum Gasteiger partial charge on any atom is -0.481 e. The normalized spacial score (nSPS) is 21.6. The maximum Gasteiger partial charge on any atom is 0.306 e. The second-order valence-electron chi connectivity index (χ2n) is 10.6. The molecule has 11 heteroatoms. The highest BCUT2D eigenvalue weighted by molar-refractivity contribution is 7.93. The summed E-state index contributed by atoms with van der Waals surface area (Å²) in [5, 5.41) is 10.2. The Morgan fingerprint density at radius 3 is 2.29 bits per heavy atom. The Bertz CT molecular complexity index is 1530. The van der Waals surface area contributed by atoms with Crippen LogP contribution in [0.25, 0.3) is 0 Å². The Balaban J connectivity index is 1.64. The molecule has 0 spiro atoms. The summed E-state index contributed by atoms with van der Waals surface area (Å²) in [6.45, 7) is 1.89. The number of morpholine rings is 1. The van der Waals surface area contributed by atoms with Crippen molar-refractivity contribution in [1.82, 2.24) is 4.90 Å². The average Bonchev–Trinajstić information content (AvgIpc) is 3.82. The van der Waals surface area contributed by atoms with Crippen molar-refractivity contribution in [3.8, 4) is 0 Å². The minimum atomic E-state index is -3.70. The number of carboxylic acid groups (broad SMARTS) is 1. The van der Waals surface area contributed by atoms with Crippen LogP contribution in [0.4, 0.5) is 5.69 Å². The van der Waals surface area contributed by atoms with E-state index < -0.39 is 57.9 Å². The molecule has 2 aliphatic rings. The fourth-order valence-electron chi connectivity index (χ4n) is 5.50. The van der Waals surface area contributed by atoms with Gasteiger partial charge in [-0.2, -0.15) is 0 Å². The average molecular weight is 632 g/mol. The number of halogens is 2. The van der Waals surface area contributed by atoms with E-state index in [1.54, 1.807) is 71.6 Å². The number of carbonyl (C=O) groups excluding carboxylic acids is 1. The van der Waals surface area contributed by atoms with E-state index in [1.807, 2.05) is 19.1 Å².